The second kappa shape index (κ2) is 65.7. The number of hydrogen-bond donors (Lipinski definition) is 3. The summed E-state index contributed by atoms with van der Waals surface area (Å²) in [6.45, 7) is 11.9. The number of aliphatic hydroxyl groups excluding tert-OH is 1. The average Bonchev–Trinajstić information content (AvgIpc) is 2.84. The predicted molar refractivity (Wildman–Crippen MR) is 381 cm³/mol. The minimum atomic E-state index is -4.96. The van der Waals surface area contributed by atoms with Crippen molar-refractivity contribution in [3.63, 3.8) is 0 Å². The van der Waals surface area contributed by atoms with Gasteiger partial charge in [0.2, 0.25) is 0 Å². The lowest BCUT2D eigenvalue weighted by atomic mass is 10.0. The van der Waals surface area contributed by atoms with Crippen LogP contribution in [0, 0.1) is 17.8 Å². The summed E-state index contributed by atoms with van der Waals surface area (Å²) in [6.07, 6.45) is 51.6. The topological polar surface area (TPSA) is 237 Å². The lowest BCUT2D eigenvalue weighted by Gasteiger charge is -2.21. The Morgan fingerprint density at radius 2 is 0.489 bits per heavy atom. The molecule has 94 heavy (non-hydrogen) atoms. The van der Waals surface area contributed by atoms with Crippen molar-refractivity contribution in [2.75, 3.05) is 39.6 Å². The number of hydrogen-bond acceptors (Lipinski definition) is 15. The molecule has 0 spiro atoms. The van der Waals surface area contributed by atoms with Gasteiger partial charge in [0.15, 0.2) is 12.2 Å². The molecular weight excluding hydrogens is 1230 g/mol. The first-order valence-electron chi connectivity index (χ1n) is 38.8. The third kappa shape index (κ3) is 68.6. The smallest absolute Gasteiger partial charge is 0.462 e. The molecular formula is C75H146O17P2. The van der Waals surface area contributed by atoms with Crippen molar-refractivity contribution >= 4 is 39.5 Å². The largest absolute Gasteiger partial charge is 0.472 e. The zero-order valence-corrected chi connectivity index (χ0v) is 63.2. The van der Waals surface area contributed by atoms with E-state index in [9.17, 15) is 43.2 Å². The van der Waals surface area contributed by atoms with Crippen LogP contribution in [-0.4, -0.2) is 96.7 Å². The number of esters is 4. The molecule has 3 N–H and O–H groups in total. The SMILES string of the molecule is CCCCCCCCCC(=O)OC[C@H](COP(=O)(O)OC[C@H](O)COP(=O)(O)OC[C@@H](COC(=O)CCCCCCCCCCCCCCCCCC(C)C)OC(=O)CCCCCCCCCCCCCCCCCC(C)C)OC(=O)CCCCCCCCCCC(C)C. The zero-order valence-electron chi connectivity index (χ0n) is 61.4. The van der Waals surface area contributed by atoms with Gasteiger partial charge in [-0.25, -0.2) is 9.13 Å². The van der Waals surface area contributed by atoms with E-state index in [1.54, 1.807) is 0 Å². The summed E-state index contributed by atoms with van der Waals surface area (Å²) in [5, 5.41) is 10.6. The molecule has 17 nitrogen and oxygen atoms in total. The van der Waals surface area contributed by atoms with E-state index in [-0.39, 0.29) is 25.7 Å². The van der Waals surface area contributed by atoms with Crippen LogP contribution in [0.5, 0.6) is 0 Å². The molecule has 0 aliphatic heterocycles. The Balaban J connectivity index is 5.18. The Bertz CT molecular complexity index is 1840. The van der Waals surface area contributed by atoms with Crippen LogP contribution in [0.1, 0.15) is 382 Å². The predicted octanol–water partition coefficient (Wildman–Crippen LogP) is 21.8. The number of phosphoric acid groups is 2. The minimum Gasteiger partial charge on any atom is -0.462 e. The van der Waals surface area contributed by atoms with Crippen LogP contribution in [0.4, 0.5) is 0 Å². The van der Waals surface area contributed by atoms with E-state index in [1.165, 1.54) is 180 Å². The van der Waals surface area contributed by atoms with Gasteiger partial charge in [-0.1, -0.05) is 331 Å². The van der Waals surface area contributed by atoms with Gasteiger partial charge in [0.1, 0.15) is 19.3 Å². The molecule has 558 valence electrons. The van der Waals surface area contributed by atoms with E-state index in [4.69, 9.17) is 37.0 Å². The maximum Gasteiger partial charge on any atom is 0.472 e. The Labute approximate surface area is 575 Å². The van der Waals surface area contributed by atoms with Gasteiger partial charge >= 0.3 is 39.5 Å². The van der Waals surface area contributed by atoms with Gasteiger partial charge in [-0.2, -0.15) is 0 Å². The van der Waals surface area contributed by atoms with Crippen molar-refractivity contribution < 1.29 is 80.2 Å². The van der Waals surface area contributed by atoms with Gasteiger partial charge in [-0.05, 0) is 43.4 Å². The van der Waals surface area contributed by atoms with Gasteiger partial charge < -0.3 is 33.8 Å². The second-order valence-electron chi connectivity index (χ2n) is 28.5. The lowest BCUT2D eigenvalue weighted by molar-refractivity contribution is -0.161. The maximum absolute atomic E-state index is 13.1. The van der Waals surface area contributed by atoms with Crippen molar-refractivity contribution in [2.24, 2.45) is 17.8 Å². The van der Waals surface area contributed by atoms with Crippen LogP contribution in [0.25, 0.3) is 0 Å². The molecule has 19 heteroatoms. The highest BCUT2D eigenvalue weighted by molar-refractivity contribution is 7.47. The van der Waals surface area contributed by atoms with Crippen LogP contribution in [0.15, 0.2) is 0 Å². The molecule has 0 fully saturated rings. The quantitative estimate of drug-likeness (QED) is 0.0222. The highest BCUT2D eigenvalue weighted by Gasteiger charge is 2.30. The molecule has 0 saturated heterocycles. The number of unbranched alkanes of at least 4 members (excludes halogenated alkanes) is 41. The first kappa shape index (κ1) is 92.1. The summed E-state index contributed by atoms with van der Waals surface area (Å²) in [5.74, 6) is 0.202. The highest BCUT2D eigenvalue weighted by atomic mass is 31.2. The molecule has 0 amide bonds. The Hall–Kier alpha value is -1.94. The fraction of sp³-hybridized carbons (Fsp3) is 0.947. The summed E-state index contributed by atoms with van der Waals surface area (Å²) < 4.78 is 68.3. The molecule has 0 heterocycles. The normalized spacial score (nSPS) is 14.1. The molecule has 0 aromatic carbocycles. The Morgan fingerprint density at radius 3 is 0.723 bits per heavy atom. The third-order valence-electron chi connectivity index (χ3n) is 17.4. The number of ether oxygens (including phenoxy) is 4. The number of aliphatic hydroxyl groups is 1. The average molecular weight is 1380 g/mol. The van der Waals surface area contributed by atoms with Crippen LogP contribution in [-0.2, 0) is 65.4 Å². The van der Waals surface area contributed by atoms with Crippen molar-refractivity contribution in [3.05, 3.63) is 0 Å². The summed E-state index contributed by atoms with van der Waals surface area (Å²) >= 11 is 0. The van der Waals surface area contributed by atoms with E-state index in [2.05, 4.69) is 48.5 Å². The summed E-state index contributed by atoms with van der Waals surface area (Å²) in [6, 6.07) is 0. The number of carbonyl (C=O) groups excluding carboxylic acids is 4. The minimum absolute atomic E-state index is 0.104. The molecule has 2 unspecified atom stereocenters. The van der Waals surface area contributed by atoms with E-state index in [0.29, 0.717) is 25.7 Å². The summed E-state index contributed by atoms with van der Waals surface area (Å²) in [5.41, 5.74) is 0. The Kier molecular flexibility index (Phi) is 64.3. The van der Waals surface area contributed by atoms with Crippen molar-refractivity contribution in [3.8, 4) is 0 Å². The number of carbonyl (C=O) groups is 4. The first-order chi connectivity index (χ1) is 45.2. The number of phosphoric ester groups is 2. The van der Waals surface area contributed by atoms with Crippen LogP contribution in [0.3, 0.4) is 0 Å². The van der Waals surface area contributed by atoms with E-state index in [0.717, 1.165) is 120 Å². The molecule has 0 aliphatic rings. The molecule has 0 radical (unpaired) electrons. The molecule has 0 aromatic rings. The molecule has 0 aliphatic carbocycles. The standard InChI is InChI=1S/C75H146O17P2/c1-8-9-10-11-32-42-49-56-72(77)85-62-70(92-75(80)59-52-45-38-31-30-35-41-48-55-68(6)7)64-89-93(81,82)87-60-69(76)61-88-94(83,84)90-65-71(91-74(79)58-51-44-37-29-25-21-17-13-15-19-23-27-34-40-47-54-67(4)5)63-86-73(78)57-50-43-36-28-24-20-16-12-14-18-22-26-33-39-46-53-66(2)3/h66-71,76H,8-65H2,1-7H3,(H,81,82)(H,83,84)/t69-,70+,71+/m0/s1. The van der Waals surface area contributed by atoms with E-state index < -0.39 is 97.5 Å². The van der Waals surface area contributed by atoms with Crippen molar-refractivity contribution in [2.45, 2.75) is 401 Å². The fourth-order valence-corrected chi connectivity index (χ4v) is 13.0. The van der Waals surface area contributed by atoms with Gasteiger partial charge in [-0.15, -0.1) is 0 Å². The van der Waals surface area contributed by atoms with Gasteiger partial charge in [0, 0.05) is 25.7 Å². The monoisotopic (exact) mass is 1380 g/mol. The van der Waals surface area contributed by atoms with Gasteiger partial charge in [0.25, 0.3) is 0 Å². The van der Waals surface area contributed by atoms with Gasteiger partial charge in [0.05, 0.1) is 26.4 Å². The molecule has 0 saturated carbocycles. The number of rotatable bonds is 73. The fourth-order valence-electron chi connectivity index (χ4n) is 11.4. The van der Waals surface area contributed by atoms with Crippen molar-refractivity contribution in [1.29, 1.82) is 0 Å². The first-order valence-corrected chi connectivity index (χ1v) is 41.8. The second-order valence-corrected chi connectivity index (χ2v) is 31.4. The van der Waals surface area contributed by atoms with Gasteiger partial charge in [-0.3, -0.25) is 37.3 Å². The van der Waals surface area contributed by atoms with Crippen LogP contribution < -0.4 is 0 Å². The lowest BCUT2D eigenvalue weighted by Crippen LogP contribution is -2.30. The zero-order chi connectivity index (χ0) is 69.4. The van der Waals surface area contributed by atoms with Crippen LogP contribution in [0.2, 0.25) is 0 Å². The third-order valence-corrected chi connectivity index (χ3v) is 19.3. The molecule has 0 bridgehead atoms. The van der Waals surface area contributed by atoms with E-state index in [1.807, 2.05) is 0 Å². The molecule has 5 atom stereocenters. The maximum atomic E-state index is 13.1. The summed E-state index contributed by atoms with van der Waals surface area (Å²) in [7, 11) is -9.90. The Morgan fingerprint density at radius 1 is 0.287 bits per heavy atom. The van der Waals surface area contributed by atoms with Crippen molar-refractivity contribution in [1.82, 2.24) is 0 Å². The molecule has 0 aromatic heterocycles. The van der Waals surface area contributed by atoms with E-state index >= 15 is 0 Å². The highest BCUT2D eigenvalue weighted by Crippen LogP contribution is 2.45. The molecule has 0 rings (SSSR count). The van der Waals surface area contributed by atoms with Crippen LogP contribution >= 0.6 is 15.6 Å². The summed E-state index contributed by atoms with van der Waals surface area (Å²) in [4.78, 5) is 72.6.